The number of esters is 1. The summed E-state index contributed by atoms with van der Waals surface area (Å²) in [5.74, 6) is 1.81. The van der Waals surface area contributed by atoms with Gasteiger partial charge in [0, 0.05) is 12.0 Å². The molecule has 3 aliphatic carbocycles. The van der Waals surface area contributed by atoms with Crippen molar-refractivity contribution in [1.82, 2.24) is 14.9 Å². The van der Waals surface area contributed by atoms with Crippen molar-refractivity contribution in [2.45, 2.75) is 116 Å². The fraction of sp³-hybridized carbons (Fsp3) is 0.703. The molecule has 3 heterocycles. The number of aryl methyl sites for hydroxylation is 1. The Kier molecular flexibility index (Phi) is 8.70. The Bertz CT molecular complexity index is 1470. The van der Waals surface area contributed by atoms with Crippen LogP contribution in [-0.2, 0) is 25.5 Å². The number of ether oxygens (including phenoxy) is 3. The summed E-state index contributed by atoms with van der Waals surface area (Å²) in [7, 11) is 1.63. The van der Waals surface area contributed by atoms with E-state index >= 15 is 0 Å². The van der Waals surface area contributed by atoms with Gasteiger partial charge in [0.15, 0.2) is 0 Å². The van der Waals surface area contributed by atoms with Gasteiger partial charge in [0.1, 0.15) is 29.9 Å². The number of aromatic nitrogens is 2. The van der Waals surface area contributed by atoms with Gasteiger partial charge in [0.25, 0.3) is 0 Å². The minimum absolute atomic E-state index is 0.0472. The summed E-state index contributed by atoms with van der Waals surface area (Å²) >= 11 is 0. The van der Waals surface area contributed by atoms with Gasteiger partial charge in [-0.1, -0.05) is 39.5 Å². The van der Waals surface area contributed by atoms with Crippen molar-refractivity contribution < 1.29 is 28.6 Å². The van der Waals surface area contributed by atoms with Crippen molar-refractivity contribution >= 4 is 29.2 Å². The minimum Gasteiger partial charge on any atom is -0.497 e. The molecular formula is C37H49N3O6. The summed E-state index contributed by atoms with van der Waals surface area (Å²) in [5.41, 5.74) is 1.98. The molecule has 1 aromatic carbocycles. The topological polar surface area (TPSA) is 108 Å². The van der Waals surface area contributed by atoms with Gasteiger partial charge in [0.2, 0.25) is 11.8 Å². The van der Waals surface area contributed by atoms with Crippen LogP contribution in [-0.4, -0.2) is 64.9 Å². The summed E-state index contributed by atoms with van der Waals surface area (Å²) < 4.78 is 18.4. The molecule has 4 fully saturated rings. The van der Waals surface area contributed by atoms with Crippen LogP contribution in [0.15, 0.2) is 18.2 Å². The van der Waals surface area contributed by atoms with Gasteiger partial charge in [0.05, 0.1) is 43.1 Å². The molecule has 5 aliphatic rings. The third-order valence-electron chi connectivity index (χ3n) is 12.2. The predicted molar refractivity (Wildman–Crippen MR) is 172 cm³/mol. The number of hydrogen-bond acceptors (Lipinski definition) is 8. The highest BCUT2D eigenvalue weighted by atomic mass is 16.5. The molecule has 9 nitrogen and oxygen atoms in total. The first-order valence-electron chi connectivity index (χ1n) is 17.8. The van der Waals surface area contributed by atoms with E-state index in [-0.39, 0.29) is 42.3 Å². The Balaban J connectivity index is 1.25. The number of hydrogen-bond donors (Lipinski definition) is 0. The van der Waals surface area contributed by atoms with E-state index in [0.29, 0.717) is 41.3 Å². The van der Waals surface area contributed by atoms with Crippen LogP contribution in [0, 0.1) is 35.0 Å². The number of amides is 1. The number of fused-ring (bicyclic) bond motifs is 7. The van der Waals surface area contributed by atoms with E-state index in [0.717, 1.165) is 81.7 Å². The number of methoxy groups -OCH3 is 1. The van der Waals surface area contributed by atoms with Crippen LogP contribution in [0.3, 0.4) is 0 Å². The molecule has 0 N–H and O–H groups in total. The molecule has 1 saturated heterocycles. The molecule has 8 atom stereocenters. The Morgan fingerprint density at radius 2 is 1.83 bits per heavy atom. The minimum atomic E-state index is -0.628. The van der Waals surface area contributed by atoms with E-state index in [1.54, 1.807) is 12.0 Å². The van der Waals surface area contributed by atoms with E-state index in [1.165, 1.54) is 6.42 Å². The number of benzene rings is 1. The van der Waals surface area contributed by atoms with Crippen LogP contribution in [0.25, 0.3) is 11.0 Å². The number of nitrogens with zero attached hydrogens (tertiary/aromatic N) is 3. The second-order valence-corrected chi connectivity index (χ2v) is 15.0. The standard InChI is InChI=1S/C37H49N3O6/c1-4-24-31(21-41)40-20-33(24)46-35-29(38-28-13-12-23(44-3)18-30(28)39-35)11-7-5-6-10-25-26-16-22(26)17-32(25)45-34(42)19-27(36(40)43)37(2)14-8-9-15-37/h12-13,18,21-22,24-27,31-33H,4-11,14-17,19-20H2,1-3H3/t22?,24-,25+,26?,27+,31+,32+,33-/m0/s1. The lowest BCUT2D eigenvalue weighted by atomic mass is 9.73. The molecule has 2 unspecified atom stereocenters. The van der Waals surface area contributed by atoms with Gasteiger partial charge in [-0.3, -0.25) is 9.59 Å². The van der Waals surface area contributed by atoms with E-state index in [4.69, 9.17) is 24.2 Å². The summed E-state index contributed by atoms with van der Waals surface area (Å²) in [6.07, 6.45) is 12.1. The van der Waals surface area contributed by atoms with Crippen LogP contribution in [0.4, 0.5) is 0 Å². The van der Waals surface area contributed by atoms with Crippen molar-refractivity contribution in [2.75, 3.05) is 13.7 Å². The molecule has 2 aliphatic heterocycles. The number of carbonyl (C=O) groups is 3. The molecule has 1 aromatic heterocycles. The highest BCUT2D eigenvalue weighted by Gasteiger charge is 2.55. The van der Waals surface area contributed by atoms with Gasteiger partial charge < -0.3 is 23.9 Å². The van der Waals surface area contributed by atoms with Crippen molar-refractivity contribution in [3.63, 3.8) is 0 Å². The third-order valence-corrected chi connectivity index (χ3v) is 12.2. The molecule has 1 amide bonds. The first-order valence-corrected chi connectivity index (χ1v) is 17.8. The van der Waals surface area contributed by atoms with Crippen LogP contribution in [0.2, 0.25) is 0 Å². The van der Waals surface area contributed by atoms with Crippen LogP contribution in [0.1, 0.15) is 96.6 Å². The number of rotatable bonds is 4. The molecule has 0 radical (unpaired) electrons. The maximum Gasteiger partial charge on any atom is 0.306 e. The second-order valence-electron chi connectivity index (χ2n) is 15.0. The summed E-state index contributed by atoms with van der Waals surface area (Å²) in [4.78, 5) is 52.6. The van der Waals surface area contributed by atoms with E-state index < -0.39 is 18.1 Å². The fourth-order valence-electron chi connectivity index (χ4n) is 9.47. The van der Waals surface area contributed by atoms with Crippen molar-refractivity contribution in [2.24, 2.45) is 35.0 Å². The van der Waals surface area contributed by atoms with Crippen molar-refractivity contribution in [3.05, 3.63) is 23.9 Å². The lowest BCUT2D eigenvalue weighted by Crippen LogP contribution is -2.47. The normalized spacial score (nSPS) is 34.5. The molecule has 46 heavy (non-hydrogen) atoms. The first-order chi connectivity index (χ1) is 22.3. The molecule has 9 heteroatoms. The Morgan fingerprint density at radius 3 is 2.59 bits per heavy atom. The van der Waals surface area contributed by atoms with Gasteiger partial charge in [-0.2, -0.15) is 0 Å². The van der Waals surface area contributed by atoms with E-state index in [2.05, 4.69) is 6.92 Å². The molecule has 7 rings (SSSR count). The van der Waals surface area contributed by atoms with Gasteiger partial charge in [-0.15, -0.1) is 0 Å². The maximum atomic E-state index is 14.6. The average molecular weight is 632 g/mol. The van der Waals surface area contributed by atoms with E-state index in [9.17, 15) is 14.4 Å². The Hall–Kier alpha value is -3.23. The molecule has 248 valence electrons. The van der Waals surface area contributed by atoms with E-state index in [1.807, 2.05) is 25.1 Å². The molecule has 2 bridgehead atoms. The lowest BCUT2D eigenvalue weighted by Gasteiger charge is -2.37. The van der Waals surface area contributed by atoms with Gasteiger partial charge in [-0.25, -0.2) is 9.97 Å². The zero-order valence-corrected chi connectivity index (χ0v) is 27.6. The largest absolute Gasteiger partial charge is 0.497 e. The smallest absolute Gasteiger partial charge is 0.306 e. The lowest BCUT2D eigenvalue weighted by molar-refractivity contribution is -0.158. The number of aldehydes is 1. The summed E-state index contributed by atoms with van der Waals surface area (Å²) in [5, 5.41) is 0. The molecule has 0 spiro atoms. The summed E-state index contributed by atoms with van der Waals surface area (Å²) in [6, 6.07) is 5.06. The van der Waals surface area contributed by atoms with Crippen molar-refractivity contribution in [3.8, 4) is 11.6 Å². The number of carbonyl (C=O) groups excluding carboxylic acids is 3. The monoisotopic (exact) mass is 631 g/mol. The van der Waals surface area contributed by atoms with Crippen LogP contribution >= 0.6 is 0 Å². The highest BCUT2D eigenvalue weighted by molar-refractivity contribution is 5.87. The predicted octanol–water partition coefficient (Wildman–Crippen LogP) is 6.09. The fourth-order valence-corrected chi connectivity index (χ4v) is 9.47. The third kappa shape index (κ3) is 5.87. The van der Waals surface area contributed by atoms with Crippen LogP contribution < -0.4 is 9.47 Å². The molecule has 3 saturated carbocycles. The summed E-state index contributed by atoms with van der Waals surface area (Å²) in [6.45, 7) is 4.46. The zero-order valence-electron chi connectivity index (χ0n) is 27.6. The first kappa shape index (κ1) is 31.4. The highest BCUT2D eigenvalue weighted by Crippen LogP contribution is 2.58. The quantitative estimate of drug-likeness (QED) is 0.295. The Labute approximate surface area is 272 Å². The van der Waals surface area contributed by atoms with Gasteiger partial charge >= 0.3 is 5.97 Å². The maximum absolute atomic E-state index is 14.6. The van der Waals surface area contributed by atoms with Gasteiger partial charge in [-0.05, 0) is 86.7 Å². The molecule has 2 aromatic rings. The zero-order chi connectivity index (χ0) is 32.0. The Morgan fingerprint density at radius 1 is 1.00 bits per heavy atom. The SMILES string of the molecule is CC[C@@H]1[C@@H]2CN(C(=O)[C@H](C3(C)CCCC3)CC(=O)O[C@@H]3CC4CC4[C@H]3CCCCCc3nc4ccc(OC)cc4nc3O2)[C@@H]1C=O. The van der Waals surface area contributed by atoms with Crippen LogP contribution in [0.5, 0.6) is 11.6 Å². The molecular weight excluding hydrogens is 582 g/mol. The average Bonchev–Trinajstić information content (AvgIpc) is 3.34. The van der Waals surface area contributed by atoms with Crippen molar-refractivity contribution in [1.29, 1.82) is 0 Å². The second kappa shape index (κ2) is 12.8.